The molecule has 2 aromatic heterocycles. The predicted molar refractivity (Wildman–Crippen MR) is 137 cm³/mol. The first kappa shape index (κ1) is 26.9. The maximum absolute atomic E-state index is 13.6. The summed E-state index contributed by atoms with van der Waals surface area (Å²) in [7, 11) is 0. The molecule has 0 aliphatic rings. The topological polar surface area (TPSA) is 47.3 Å². The lowest BCUT2D eigenvalue weighted by molar-refractivity contribution is -0.598. The zero-order valence-corrected chi connectivity index (χ0v) is 22.7. The number of carbonyl (C=O) groups is 2. The van der Waals surface area contributed by atoms with E-state index >= 15 is 0 Å². The number of hydrogen-bond acceptors (Lipinski definition) is 5. The van der Waals surface area contributed by atoms with Crippen molar-refractivity contribution in [2.75, 3.05) is 6.61 Å². The molecule has 0 saturated carbocycles. The second kappa shape index (κ2) is 12.8. The van der Waals surface area contributed by atoms with E-state index in [4.69, 9.17) is 4.74 Å². The van der Waals surface area contributed by atoms with Crippen LogP contribution in [0.1, 0.15) is 45.5 Å². The summed E-state index contributed by atoms with van der Waals surface area (Å²) >= 11 is 3.15. The van der Waals surface area contributed by atoms with Gasteiger partial charge in [0.15, 0.2) is 12.4 Å². The third-order valence-corrected chi connectivity index (χ3v) is 7.93. The molecule has 0 aliphatic heterocycles. The lowest BCUT2D eigenvalue weighted by Gasteiger charge is -2.10. The molecule has 0 fully saturated rings. The van der Waals surface area contributed by atoms with Crippen molar-refractivity contribution in [3.05, 3.63) is 113 Å². The third kappa shape index (κ3) is 6.48. The monoisotopic (exact) mass is 567 g/mol. The van der Waals surface area contributed by atoms with Gasteiger partial charge in [-0.3, -0.25) is 9.59 Å². The van der Waals surface area contributed by atoms with E-state index in [0.717, 1.165) is 9.90 Å². The van der Waals surface area contributed by atoms with Crippen LogP contribution in [-0.2, 0) is 16.0 Å². The lowest BCUT2D eigenvalue weighted by Crippen LogP contribution is -3.00. The molecule has 35 heavy (non-hydrogen) atoms. The average molecular weight is 569 g/mol. The first-order valence-electron chi connectivity index (χ1n) is 11.2. The number of nitrogens with zero attached hydrogens (tertiary/aromatic N) is 1. The van der Waals surface area contributed by atoms with Crippen LogP contribution in [-0.4, -0.2) is 18.4 Å². The fourth-order valence-corrected chi connectivity index (χ4v) is 6.54. The van der Waals surface area contributed by atoms with Crippen LogP contribution < -0.4 is 21.5 Å². The van der Waals surface area contributed by atoms with Gasteiger partial charge in [-0.15, -0.1) is 23.1 Å². The van der Waals surface area contributed by atoms with Gasteiger partial charge in [-0.25, -0.2) is 0 Å². The fraction of sp³-hybridized carbons (Fsp3) is 0.179. The number of ether oxygens (including phenoxy) is 1. The highest BCUT2D eigenvalue weighted by Gasteiger charge is 2.32. The number of ketones is 1. The van der Waals surface area contributed by atoms with Gasteiger partial charge in [-0.2, -0.15) is 4.57 Å². The molecule has 4 nitrogen and oxygen atoms in total. The molecule has 2 aromatic carbocycles. The fourth-order valence-electron chi connectivity index (χ4n) is 3.70. The number of carbonyl (C=O) groups excluding carboxylic acids is 2. The van der Waals surface area contributed by atoms with E-state index in [2.05, 4.69) is 19.1 Å². The van der Waals surface area contributed by atoms with Crippen LogP contribution in [0.2, 0.25) is 0 Å². The van der Waals surface area contributed by atoms with E-state index in [0.29, 0.717) is 22.6 Å². The van der Waals surface area contributed by atoms with Crippen LogP contribution in [0, 0.1) is 0 Å². The second-order valence-electron chi connectivity index (χ2n) is 7.68. The summed E-state index contributed by atoms with van der Waals surface area (Å²) in [6, 6.07) is 25.3. The minimum atomic E-state index is -0.340. The molecule has 0 bridgehead atoms. The Bertz CT molecular complexity index is 1260. The molecule has 0 N–H and O–H groups in total. The molecule has 0 radical (unpaired) electrons. The summed E-state index contributed by atoms with van der Waals surface area (Å²) in [6.07, 6.45) is 3.94. The average Bonchev–Trinajstić information content (AvgIpc) is 3.22. The van der Waals surface area contributed by atoms with Gasteiger partial charge in [0.2, 0.25) is 11.5 Å². The van der Waals surface area contributed by atoms with E-state index in [-0.39, 0.29) is 40.4 Å². The number of pyridine rings is 1. The number of rotatable bonds is 9. The van der Waals surface area contributed by atoms with Crippen molar-refractivity contribution in [3.8, 4) is 5.69 Å². The molecule has 0 aliphatic carbocycles. The Hall–Kier alpha value is -2.74. The second-order valence-corrected chi connectivity index (χ2v) is 10.3. The molecule has 1 unspecified atom stereocenters. The van der Waals surface area contributed by atoms with Gasteiger partial charge in [0.05, 0.1) is 23.5 Å². The number of halogens is 1. The van der Waals surface area contributed by atoms with Gasteiger partial charge in [0.25, 0.3) is 0 Å². The van der Waals surface area contributed by atoms with Crippen molar-refractivity contribution in [1.82, 2.24) is 0 Å². The van der Waals surface area contributed by atoms with E-state index in [9.17, 15) is 9.59 Å². The Balaban J connectivity index is 0.00000342. The minimum absolute atomic E-state index is 0. The molecule has 180 valence electrons. The standard InChI is InChI=1S/C28H26NO3S2.BrH/c1-3-32-24(30)19-23-25(29-17-11-6-12-18-29)28(33-20(2)21-13-7-4-8-14-21)34-27(23)26(31)22-15-9-5-10-16-22;/h4-18,20H,3,19H2,1-2H3;1H/q+1;/p-1. The van der Waals surface area contributed by atoms with Crippen LogP contribution in [0.15, 0.2) is 95.5 Å². The highest BCUT2D eigenvalue weighted by Crippen LogP contribution is 2.44. The van der Waals surface area contributed by atoms with E-state index in [1.165, 1.54) is 16.9 Å². The largest absolute Gasteiger partial charge is 1.00 e. The van der Waals surface area contributed by atoms with E-state index in [1.54, 1.807) is 18.7 Å². The van der Waals surface area contributed by atoms with Crippen molar-refractivity contribution < 1.29 is 35.9 Å². The lowest BCUT2D eigenvalue weighted by atomic mass is 10.0. The summed E-state index contributed by atoms with van der Waals surface area (Å²) in [5.74, 6) is -0.422. The molecule has 0 saturated heterocycles. The third-order valence-electron chi connectivity index (χ3n) is 5.34. The maximum atomic E-state index is 13.6. The van der Waals surface area contributed by atoms with Gasteiger partial charge in [-0.05, 0) is 19.4 Å². The van der Waals surface area contributed by atoms with Gasteiger partial charge in [0, 0.05) is 22.9 Å². The van der Waals surface area contributed by atoms with Gasteiger partial charge in [0.1, 0.15) is 4.21 Å². The van der Waals surface area contributed by atoms with E-state index in [1.807, 2.05) is 83.7 Å². The summed E-state index contributed by atoms with van der Waals surface area (Å²) in [6.45, 7) is 4.24. The normalized spacial score (nSPS) is 11.4. The number of thiophene rings is 1. The van der Waals surface area contributed by atoms with Crippen LogP contribution in [0.4, 0.5) is 0 Å². The summed E-state index contributed by atoms with van der Waals surface area (Å²) in [4.78, 5) is 26.8. The molecule has 0 spiro atoms. The number of hydrogen-bond donors (Lipinski definition) is 0. The van der Waals surface area contributed by atoms with E-state index < -0.39 is 0 Å². The molecule has 2 heterocycles. The quantitative estimate of drug-likeness (QED) is 0.135. The summed E-state index contributed by atoms with van der Waals surface area (Å²) in [5, 5.41) is 0.165. The summed E-state index contributed by atoms with van der Waals surface area (Å²) < 4.78 is 8.26. The van der Waals surface area contributed by atoms with Gasteiger partial charge >= 0.3 is 5.97 Å². The Morgan fingerprint density at radius 3 is 2.17 bits per heavy atom. The van der Waals surface area contributed by atoms with Crippen molar-refractivity contribution in [2.24, 2.45) is 0 Å². The number of thioether (sulfide) groups is 1. The smallest absolute Gasteiger partial charge is 0.310 e. The Kier molecular flexibility index (Phi) is 9.83. The number of aromatic nitrogens is 1. The number of esters is 1. The SMILES string of the molecule is CCOC(=O)Cc1c(C(=O)c2ccccc2)sc(SC(C)c2ccccc2)c1-[n+]1ccccc1.[Br-]. The number of benzene rings is 2. The Labute approximate surface area is 224 Å². The highest BCUT2D eigenvalue weighted by molar-refractivity contribution is 8.01. The van der Waals surface area contributed by atoms with Crippen LogP contribution in [0.5, 0.6) is 0 Å². The predicted octanol–water partition coefficient (Wildman–Crippen LogP) is 3.22. The Morgan fingerprint density at radius 1 is 0.943 bits per heavy atom. The molecule has 4 rings (SSSR count). The van der Waals surface area contributed by atoms with Crippen molar-refractivity contribution in [3.63, 3.8) is 0 Å². The van der Waals surface area contributed by atoms with Crippen molar-refractivity contribution in [2.45, 2.75) is 29.7 Å². The van der Waals surface area contributed by atoms with Crippen LogP contribution in [0.3, 0.4) is 0 Å². The highest BCUT2D eigenvalue weighted by atomic mass is 79.9. The molecule has 7 heteroatoms. The van der Waals surface area contributed by atoms with Crippen LogP contribution in [0.25, 0.3) is 5.69 Å². The minimum Gasteiger partial charge on any atom is -1.00 e. The summed E-state index contributed by atoms with van der Waals surface area (Å²) in [5.41, 5.74) is 3.38. The van der Waals surface area contributed by atoms with Gasteiger partial charge < -0.3 is 21.7 Å². The van der Waals surface area contributed by atoms with Crippen molar-refractivity contribution in [1.29, 1.82) is 0 Å². The molecular weight excluding hydrogens is 542 g/mol. The van der Waals surface area contributed by atoms with Crippen molar-refractivity contribution >= 4 is 34.9 Å². The molecule has 0 amide bonds. The first-order valence-corrected chi connectivity index (χ1v) is 12.9. The zero-order valence-electron chi connectivity index (χ0n) is 19.5. The maximum Gasteiger partial charge on any atom is 0.310 e. The van der Waals surface area contributed by atoms with Crippen LogP contribution >= 0.6 is 23.1 Å². The zero-order chi connectivity index (χ0) is 23.9. The Morgan fingerprint density at radius 2 is 1.54 bits per heavy atom. The molecule has 4 aromatic rings. The first-order chi connectivity index (χ1) is 16.6. The van der Waals surface area contributed by atoms with Gasteiger partial charge in [-0.1, -0.05) is 66.7 Å². The molecule has 1 atom stereocenters. The molecular formula is C28H26BrNO3S2.